The zero-order valence-electron chi connectivity index (χ0n) is 15.8. The van der Waals surface area contributed by atoms with Gasteiger partial charge in [-0.1, -0.05) is 45.7 Å². The van der Waals surface area contributed by atoms with Crippen molar-refractivity contribution in [2.45, 2.75) is 52.4 Å². The zero-order chi connectivity index (χ0) is 19.3. The first-order valence-corrected chi connectivity index (χ1v) is 9.40. The molecule has 0 bridgehead atoms. The molecular formula is C22H30O4. The molecule has 26 heavy (non-hydrogen) atoms. The molecule has 0 aliphatic heterocycles. The molecule has 0 amide bonds. The number of hydrogen-bond acceptors (Lipinski definition) is 4. The molecule has 3 atom stereocenters. The fraction of sp³-hybridized carbons (Fsp3) is 0.455. The van der Waals surface area contributed by atoms with Gasteiger partial charge >= 0.3 is 0 Å². The van der Waals surface area contributed by atoms with Crippen LogP contribution in [0.15, 0.2) is 36.4 Å². The Hall–Kier alpha value is -2.36. The molecule has 4 nitrogen and oxygen atoms in total. The average Bonchev–Trinajstić information content (AvgIpc) is 2.60. The van der Waals surface area contributed by atoms with Gasteiger partial charge in [-0.3, -0.25) is 0 Å². The summed E-state index contributed by atoms with van der Waals surface area (Å²) in [5, 5.41) is 38.7. The van der Waals surface area contributed by atoms with E-state index in [1.807, 2.05) is 12.1 Å². The van der Waals surface area contributed by atoms with Crippen LogP contribution in [0, 0.1) is 11.8 Å². The average molecular weight is 358 g/mol. The summed E-state index contributed by atoms with van der Waals surface area (Å²) < 4.78 is 0. The van der Waals surface area contributed by atoms with E-state index in [0.29, 0.717) is 11.8 Å². The molecular weight excluding hydrogens is 328 g/mol. The standard InChI is InChI=1S/C22H30O4/c1-4-6-18(16-8-10-20(24)22(26)13-16)17(5-2)14(3)11-15-7-9-19(23)21(25)12-15/h7-10,12-14,17-18,23-26H,4-6,11H2,1-3H3. The van der Waals surface area contributed by atoms with Gasteiger partial charge in [0.2, 0.25) is 0 Å². The highest BCUT2D eigenvalue weighted by Gasteiger charge is 2.27. The lowest BCUT2D eigenvalue weighted by Crippen LogP contribution is -2.21. The van der Waals surface area contributed by atoms with Crippen LogP contribution in [0.1, 0.15) is 57.1 Å². The number of aromatic hydroxyl groups is 4. The Bertz CT molecular complexity index is 726. The molecule has 0 spiro atoms. The normalized spacial score (nSPS) is 14.7. The van der Waals surface area contributed by atoms with Crippen LogP contribution >= 0.6 is 0 Å². The number of hydrogen-bond donors (Lipinski definition) is 4. The third-order valence-electron chi connectivity index (χ3n) is 5.34. The molecule has 0 aliphatic rings. The Balaban J connectivity index is 2.25. The highest BCUT2D eigenvalue weighted by Crippen LogP contribution is 2.40. The van der Waals surface area contributed by atoms with Crippen molar-refractivity contribution in [3.05, 3.63) is 47.5 Å². The summed E-state index contributed by atoms with van der Waals surface area (Å²) in [6, 6.07) is 10.1. The molecule has 0 heterocycles. The van der Waals surface area contributed by atoms with Crippen molar-refractivity contribution >= 4 is 0 Å². The van der Waals surface area contributed by atoms with Crippen LogP contribution in [0.25, 0.3) is 0 Å². The minimum Gasteiger partial charge on any atom is -0.504 e. The molecule has 4 heteroatoms. The predicted molar refractivity (Wildman–Crippen MR) is 104 cm³/mol. The Morgan fingerprint density at radius 2 is 1.42 bits per heavy atom. The van der Waals surface area contributed by atoms with Gasteiger partial charge in [0.15, 0.2) is 23.0 Å². The monoisotopic (exact) mass is 358 g/mol. The molecule has 0 radical (unpaired) electrons. The first-order chi connectivity index (χ1) is 12.4. The van der Waals surface area contributed by atoms with E-state index in [-0.39, 0.29) is 28.9 Å². The highest BCUT2D eigenvalue weighted by molar-refractivity contribution is 5.42. The summed E-state index contributed by atoms with van der Waals surface area (Å²) in [6.07, 6.45) is 3.84. The molecule has 2 aromatic rings. The van der Waals surface area contributed by atoms with Crippen molar-refractivity contribution in [1.29, 1.82) is 0 Å². The number of rotatable bonds is 8. The molecule has 2 rings (SSSR count). The maximum Gasteiger partial charge on any atom is 0.157 e. The summed E-state index contributed by atoms with van der Waals surface area (Å²) in [6.45, 7) is 6.54. The van der Waals surface area contributed by atoms with Gasteiger partial charge < -0.3 is 20.4 Å². The fourth-order valence-electron chi connectivity index (χ4n) is 4.01. The maximum atomic E-state index is 9.90. The van der Waals surface area contributed by atoms with E-state index in [0.717, 1.165) is 36.8 Å². The third-order valence-corrected chi connectivity index (χ3v) is 5.34. The van der Waals surface area contributed by atoms with Gasteiger partial charge in [-0.2, -0.15) is 0 Å². The van der Waals surface area contributed by atoms with Crippen LogP contribution in [0.5, 0.6) is 23.0 Å². The van der Waals surface area contributed by atoms with Gasteiger partial charge in [-0.05, 0) is 66.0 Å². The Morgan fingerprint density at radius 1 is 0.808 bits per heavy atom. The van der Waals surface area contributed by atoms with Crippen molar-refractivity contribution in [3.8, 4) is 23.0 Å². The van der Waals surface area contributed by atoms with Crippen LogP contribution < -0.4 is 0 Å². The Morgan fingerprint density at radius 3 is 1.96 bits per heavy atom. The topological polar surface area (TPSA) is 80.9 Å². The first kappa shape index (κ1) is 20.0. The van der Waals surface area contributed by atoms with Gasteiger partial charge in [-0.25, -0.2) is 0 Å². The predicted octanol–water partition coefficient (Wildman–Crippen LogP) is 5.30. The van der Waals surface area contributed by atoms with Gasteiger partial charge in [0, 0.05) is 0 Å². The van der Waals surface area contributed by atoms with Crippen LogP contribution in [0.4, 0.5) is 0 Å². The molecule has 4 N–H and O–H groups in total. The van der Waals surface area contributed by atoms with E-state index in [9.17, 15) is 20.4 Å². The highest BCUT2D eigenvalue weighted by atomic mass is 16.3. The van der Waals surface area contributed by atoms with E-state index in [1.165, 1.54) is 6.07 Å². The zero-order valence-corrected chi connectivity index (χ0v) is 15.8. The Kier molecular flexibility index (Phi) is 6.78. The maximum absolute atomic E-state index is 9.90. The molecule has 2 aromatic carbocycles. The van der Waals surface area contributed by atoms with Crippen molar-refractivity contribution in [3.63, 3.8) is 0 Å². The summed E-state index contributed by atoms with van der Waals surface area (Å²) >= 11 is 0. The lowest BCUT2D eigenvalue weighted by Gasteiger charge is -2.32. The van der Waals surface area contributed by atoms with Gasteiger partial charge in [0.1, 0.15) is 0 Å². The number of benzene rings is 2. The van der Waals surface area contributed by atoms with Gasteiger partial charge in [0.25, 0.3) is 0 Å². The smallest absolute Gasteiger partial charge is 0.157 e. The summed E-state index contributed by atoms with van der Waals surface area (Å²) in [4.78, 5) is 0. The van der Waals surface area contributed by atoms with E-state index in [4.69, 9.17) is 0 Å². The van der Waals surface area contributed by atoms with Crippen LogP contribution in [-0.2, 0) is 6.42 Å². The molecule has 142 valence electrons. The van der Waals surface area contributed by atoms with Gasteiger partial charge in [0.05, 0.1) is 0 Å². The quantitative estimate of drug-likeness (QED) is 0.483. The first-order valence-electron chi connectivity index (χ1n) is 9.40. The van der Waals surface area contributed by atoms with E-state index < -0.39 is 0 Å². The molecule has 0 saturated heterocycles. The summed E-state index contributed by atoms with van der Waals surface area (Å²) in [7, 11) is 0. The fourth-order valence-corrected chi connectivity index (χ4v) is 4.01. The van der Waals surface area contributed by atoms with Crippen LogP contribution in [-0.4, -0.2) is 20.4 Å². The minimum atomic E-state index is -0.100. The molecule has 0 fully saturated rings. The van der Waals surface area contributed by atoms with Crippen molar-refractivity contribution in [2.24, 2.45) is 11.8 Å². The second-order valence-electron chi connectivity index (χ2n) is 7.22. The largest absolute Gasteiger partial charge is 0.504 e. The molecule has 3 unspecified atom stereocenters. The lowest BCUT2D eigenvalue weighted by molar-refractivity contribution is 0.274. The number of phenols is 4. The van der Waals surface area contributed by atoms with Crippen molar-refractivity contribution in [1.82, 2.24) is 0 Å². The molecule has 0 aromatic heterocycles. The minimum absolute atomic E-state index is 0.0745. The van der Waals surface area contributed by atoms with Gasteiger partial charge in [-0.15, -0.1) is 0 Å². The van der Waals surface area contributed by atoms with Crippen LogP contribution in [0.2, 0.25) is 0 Å². The van der Waals surface area contributed by atoms with E-state index in [2.05, 4.69) is 20.8 Å². The van der Waals surface area contributed by atoms with Crippen molar-refractivity contribution < 1.29 is 20.4 Å². The third kappa shape index (κ3) is 4.63. The second kappa shape index (κ2) is 8.84. The van der Waals surface area contributed by atoms with E-state index in [1.54, 1.807) is 18.2 Å². The van der Waals surface area contributed by atoms with Crippen molar-refractivity contribution in [2.75, 3.05) is 0 Å². The molecule has 0 aliphatic carbocycles. The summed E-state index contributed by atoms with van der Waals surface area (Å²) in [5.41, 5.74) is 2.05. The lowest BCUT2D eigenvalue weighted by atomic mass is 9.73. The Labute approximate surface area is 155 Å². The van der Waals surface area contributed by atoms with Crippen LogP contribution in [0.3, 0.4) is 0 Å². The SMILES string of the molecule is CCCC(c1ccc(O)c(O)c1)C(CC)C(C)Cc1ccc(O)c(O)c1. The number of phenolic OH excluding ortho intramolecular Hbond substituents is 4. The molecule has 0 saturated carbocycles. The van der Waals surface area contributed by atoms with E-state index >= 15 is 0 Å². The second-order valence-corrected chi connectivity index (χ2v) is 7.22. The summed E-state index contributed by atoms with van der Waals surface area (Å²) in [5.74, 6) is 0.691.